The first-order chi connectivity index (χ1) is 6.57. The van der Waals surface area contributed by atoms with E-state index in [4.69, 9.17) is 23.2 Å². The molecule has 15 heavy (non-hydrogen) atoms. The maximum absolute atomic E-state index is 12.9. The summed E-state index contributed by atoms with van der Waals surface area (Å²) in [5, 5.41) is 9.68. The minimum atomic E-state index is -0.751. The maximum Gasteiger partial charge on any atom is 1.00 e. The van der Waals surface area contributed by atoms with E-state index >= 15 is 0 Å². The van der Waals surface area contributed by atoms with Gasteiger partial charge in [0.15, 0.2) is 5.78 Å². The molecule has 0 amide bonds. The number of carbonyl (C=O) groups is 1. The average molecular weight is 257 g/mol. The molecule has 1 rings (SSSR count). The van der Waals surface area contributed by atoms with Crippen LogP contribution in [0.15, 0.2) is 24.5 Å². The van der Waals surface area contributed by atoms with Crippen molar-refractivity contribution in [3.8, 4) is 0 Å². The molecule has 0 fully saturated rings. The molecule has 0 aliphatic heterocycles. The summed E-state index contributed by atoms with van der Waals surface area (Å²) in [6, 6.07) is 2.25. The Kier molecular flexibility index (Phi) is 6.48. The SMILES string of the molecule is O=C(/C=C/[O-])c1c(Cl)ccc(F)c1Cl.[Na+]. The van der Waals surface area contributed by atoms with Gasteiger partial charge in [0, 0.05) is 0 Å². The van der Waals surface area contributed by atoms with Crippen molar-refractivity contribution in [3.05, 3.63) is 45.9 Å². The van der Waals surface area contributed by atoms with Crippen molar-refractivity contribution in [2.75, 3.05) is 0 Å². The first-order valence-electron chi connectivity index (χ1n) is 3.54. The fraction of sp³-hybridized carbons (Fsp3) is 0. The molecule has 0 saturated heterocycles. The number of carbonyl (C=O) groups excluding carboxylic acids is 1. The molecule has 0 atom stereocenters. The van der Waals surface area contributed by atoms with Crippen LogP contribution in [0.4, 0.5) is 4.39 Å². The summed E-state index contributed by atoms with van der Waals surface area (Å²) in [4.78, 5) is 11.2. The van der Waals surface area contributed by atoms with Crippen LogP contribution in [0.5, 0.6) is 0 Å². The predicted octanol–water partition coefficient (Wildman–Crippen LogP) is -0.807. The van der Waals surface area contributed by atoms with Crippen molar-refractivity contribution < 1.29 is 43.8 Å². The summed E-state index contributed by atoms with van der Waals surface area (Å²) in [5.74, 6) is -1.46. The monoisotopic (exact) mass is 256 g/mol. The van der Waals surface area contributed by atoms with Gasteiger partial charge < -0.3 is 5.11 Å². The smallest absolute Gasteiger partial charge is 0.878 e. The van der Waals surface area contributed by atoms with Gasteiger partial charge in [0.1, 0.15) is 5.82 Å². The number of ketones is 1. The van der Waals surface area contributed by atoms with E-state index in [1.54, 1.807) is 0 Å². The standard InChI is InChI=1S/C9H5Cl2FO2.Na/c10-5-1-2-6(12)9(11)8(5)7(14)3-4-13;/h1-4,13H;/q;+1/p-1/b4-3+;. The summed E-state index contributed by atoms with van der Waals surface area (Å²) in [6.07, 6.45) is 1.02. The summed E-state index contributed by atoms with van der Waals surface area (Å²) in [5.41, 5.74) is -0.194. The van der Waals surface area contributed by atoms with Gasteiger partial charge in [-0.15, -0.1) is 6.26 Å². The zero-order valence-corrected chi connectivity index (χ0v) is 11.3. The number of hydrogen-bond acceptors (Lipinski definition) is 2. The van der Waals surface area contributed by atoms with E-state index in [1.165, 1.54) is 6.07 Å². The molecule has 0 aromatic heterocycles. The second kappa shape index (κ2) is 6.51. The van der Waals surface area contributed by atoms with Gasteiger partial charge in [-0.2, -0.15) is 0 Å². The first kappa shape index (κ1) is 14.9. The molecule has 0 aliphatic carbocycles. The Hall–Kier alpha value is -0.0600. The summed E-state index contributed by atoms with van der Waals surface area (Å²) < 4.78 is 12.9. The van der Waals surface area contributed by atoms with Gasteiger partial charge in [-0.1, -0.05) is 23.2 Å². The Morgan fingerprint density at radius 1 is 1.40 bits per heavy atom. The van der Waals surface area contributed by atoms with Gasteiger partial charge >= 0.3 is 29.6 Å². The fourth-order valence-corrected chi connectivity index (χ4v) is 1.45. The number of allylic oxidation sites excluding steroid dienone is 1. The van der Waals surface area contributed by atoms with Gasteiger partial charge in [0.05, 0.1) is 15.6 Å². The van der Waals surface area contributed by atoms with Crippen LogP contribution in [-0.2, 0) is 0 Å². The predicted molar refractivity (Wildman–Crippen MR) is 49.9 cm³/mol. The van der Waals surface area contributed by atoms with Crippen molar-refractivity contribution in [2.24, 2.45) is 0 Å². The van der Waals surface area contributed by atoms with Crippen LogP contribution in [0.1, 0.15) is 10.4 Å². The number of rotatable bonds is 2. The maximum atomic E-state index is 12.9. The molecule has 0 spiro atoms. The van der Waals surface area contributed by atoms with Gasteiger partial charge in [0.2, 0.25) is 0 Å². The molecular formula is C9H4Cl2FNaO2. The van der Waals surface area contributed by atoms with E-state index in [1.807, 2.05) is 0 Å². The molecular weight excluding hydrogens is 253 g/mol. The molecule has 0 saturated carbocycles. The number of hydrogen-bond donors (Lipinski definition) is 0. The Labute approximate surface area is 118 Å². The second-order valence-corrected chi connectivity index (χ2v) is 3.17. The summed E-state index contributed by atoms with van der Waals surface area (Å²) in [7, 11) is 0. The molecule has 0 heterocycles. The van der Waals surface area contributed by atoms with Gasteiger partial charge in [0.25, 0.3) is 0 Å². The first-order valence-corrected chi connectivity index (χ1v) is 4.30. The zero-order valence-electron chi connectivity index (χ0n) is 7.76. The van der Waals surface area contributed by atoms with Crippen LogP contribution in [-0.4, -0.2) is 5.78 Å². The topological polar surface area (TPSA) is 40.1 Å². The van der Waals surface area contributed by atoms with Crippen LogP contribution in [0.2, 0.25) is 10.0 Å². The van der Waals surface area contributed by atoms with E-state index in [9.17, 15) is 14.3 Å². The molecule has 2 nitrogen and oxygen atoms in total. The van der Waals surface area contributed by atoms with E-state index in [0.29, 0.717) is 6.26 Å². The van der Waals surface area contributed by atoms with Crippen molar-refractivity contribution in [1.29, 1.82) is 0 Å². The van der Waals surface area contributed by atoms with Crippen LogP contribution in [0.3, 0.4) is 0 Å². The van der Waals surface area contributed by atoms with E-state index in [-0.39, 0.29) is 45.2 Å². The minimum absolute atomic E-state index is 0. The summed E-state index contributed by atoms with van der Waals surface area (Å²) >= 11 is 11.1. The molecule has 1 aromatic rings. The van der Waals surface area contributed by atoms with Gasteiger partial charge in [-0.3, -0.25) is 4.79 Å². The van der Waals surface area contributed by atoms with Crippen LogP contribution in [0, 0.1) is 5.82 Å². The van der Waals surface area contributed by atoms with Crippen LogP contribution in [0.25, 0.3) is 0 Å². The largest absolute Gasteiger partial charge is 1.00 e. The Morgan fingerprint density at radius 2 is 2.00 bits per heavy atom. The molecule has 0 radical (unpaired) electrons. The van der Waals surface area contributed by atoms with Crippen LogP contribution < -0.4 is 34.7 Å². The second-order valence-electron chi connectivity index (χ2n) is 2.39. The quantitative estimate of drug-likeness (QED) is 0.229. The van der Waals surface area contributed by atoms with Crippen molar-refractivity contribution >= 4 is 29.0 Å². The third-order valence-corrected chi connectivity index (χ3v) is 2.19. The normalized spacial score (nSPS) is 10.1. The van der Waals surface area contributed by atoms with E-state index in [2.05, 4.69) is 0 Å². The molecule has 0 aliphatic rings. The van der Waals surface area contributed by atoms with Crippen molar-refractivity contribution in [3.63, 3.8) is 0 Å². The van der Waals surface area contributed by atoms with Crippen molar-refractivity contribution in [1.82, 2.24) is 0 Å². The Morgan fingerprint density at radius 3 is 2.53 bits per heavy atom. The zero-order chi connectivity index (χ0) is 10.7. The molecule has 74 valence electrons. The minimum Gasteiger partial charge on any atom is -0.878 e. The average Bonchev–Trinajstić information content (AvgIpc) is 2.13. The Balaban J connectivity index is 0.00000196. The third-order valence-electron chi connectivity index (χ3n) is 1.51. The summed E-state index contributed by atoms with van der Waals surface area (Å²) in [6.45, 7) is 0. The fourth-order valence-electron chi connectivity index (χ4n) is 0.898. The van der Waals surface area contributed by atoms with E-state index < -0.39 is 11.6 Å². The van der Waals surface area contributed by atoms with Crippen LogP contribution >= 0.6 is 23.2 Å². The molecule has 1 aromatic carbocycles. The number of benzene rings is 1. The van der Waals surface area contributed by atoms with Gasteiger partial charge in [-0.05, 0) is 18.2 Å². The molecule has 0 bridgehead atoms. The molecule has 0 unspecified atom stereocenters. The molecule has 0 N–H and O–H groups in total. The van der Waals surface area contributed by atoms with Crippen molar-refractivity contribution in [2.45, 2.75) is 0 Å². The number of halogens is 3. The Bertz CT molecular complexity index is 407. The van der Waals surface area contributed by atoms with E-state index in [0.717, 1.165) is 12.1 Å². The third kappa shape index (κ3) is 3.47. The molecule has 6 heteroatoms. The van der Waals surface area contributed by atoms with Gasteiger partial charge in [-0.25, -0.2) is 4.39 Å².